The van der Waals surface area contributed by atoms with Crippen molar-refractivity contribution in [3.63, 3.8) is 0 Å². The molecule has 1 aromatic carbocycles. The van der Waals surface area contributed by atoms with E-state index in [0.29, 0.717) is 13.1 Å². The summed E-state index contributed by atoms with van der Waals surface area (Å²) in [5.41, 5.74) is 0.636. The number of carbonyl (C=O) groups excluding carboxylic acids is 3. The fourth-order valence-corrected chi connectivity index (χ4v) is 3.38. The highest BCUT2D eigenvalue weighted by Gasteiger charge is 2.27. The lowest BCUT2D eigenvalue weighted by Crippen LogP contribution is -2.56. The summed E-state index contributed by atoms with van der Waals surface area (Å²) >= 11 is 1.29. The van der Waals surface area contributed by atoms with E-state index in [1.54, 1.807) is 6.08 Å². The molecule has 1 fully saturated rings. The summed E-state index contributed by atoms with van der Waals surface area (Å²) in [4.78, 5) is 35.6. The van der Waals surface area contributed by atoms with E-state index in [-0.39, 0.29) is 42.4 Å². The molecule has 2 unspecified atom stereocenters. The fourth-order valence-electron chi connectivity index (χ4n) is 2.45. The second-order valence-corrected chi connectivity index (χ2v) is 6.98. The highest BCUT2D eigenvalue weighted by atomic mass is 32.2. The molecule has 3 amide bonds. The lowest BCUT2D eigenvalue weighted by Gasteiger charge is -2.30. The third-order valence-electron chi connectivity index (χ3n) is 3.70. The molecule has 1 aromatic rings. The normalized spacial score (nSPS) is 19.3. The molecule has 0 spiro atoms. The van der Waals surface area contributed by atoms with Gasteiger partial charge in [0.1, 0.15) is 5.50 Å². The minimum absolute atomic E-state index is 0.110. The topological polar surface area (TPSA) is 99.3 Å². The second kappa shape index (κ2) is 10.6. The third-order valence-corrected chi connectivity index (χ3v) is 4.72. The van der Waals surface area contributed by atoms with Crippen LogP contribution in [0, 0.1) is 0 Å². The number of amides is 3. The summed E-state index contributed by atoms with van der Waals surface area (Å²) in [5, 5.41) is 11.5. The van der Waals surface area contributed by atoms with Gasteiger partial charge in [0.05, 0.1) is 5.75 Å². The van der Waals surface area contributed by atoms with E-state index in [1.165, 1.54) is 11.8 Å². The van der Waals surface area contributed by atoms with E-state index in [9.17, 15) is 14.4 Å². The molecule has 0 saturated carbocycles. The first-order chi connectivity index (χ1) is 12.6. The minimum atomic E-state index is -0.393. The number of rotatable bonds is 9. The number of nitrogens with one attached hydrogen (secondary N) is 4. The number of hydrogen-bond acceptors (Lipinski definition) is 5. The highest BCUT2D eigenvalue weighted by molar-refractivity contribution is 8.00. The zero-order valence-electron chi connectivity index (χ0n) is 14.5. The van der Waals surface area contributed by atoms with Gasteiger partial charge in [-0.3, -0.25) is 19.7 Å². The van der Waals surface area contributed by atoms with Gasteiger partial charge in [0, 0.05) is 32.0 Å². The lowest BCUT2D eigenvalue weighted by molar-refractivity contribution is -0.125. The second-order valence-electron chi connectivity index (χ2n) is 5.89. The standard InChI is InChI=1S/C18H24N4O3S/c1-2-8-19-15(23)9-14-10-16(24)22-18(21-14)26-12-17(25)20-11-13-6-4-3-5-7-13/h2-7,14,18,21H,1,8-12H2,(H,19,23)(H,20,25)(H,22,24). The van der Waals surface area contributed by atoms with Gasteiger partial charge in [0.2, 0.25) is 17.7 Å². The summed E-state index contributed by atoms with van der Waals surface area (Å²) in [5.74, 6) is -0.171. The summed E-state index contributed by atoms with van der Waals surface area (Å²) in [7, 11) is 0. The van der Waals surface area contributed by atoms with E-state index in [4.69, 9.17) is 0 Å². The molecule has 0 aliphatic carbocycles. The highest BCUT2D eigenvalue weighted by Crippen LogP contribution is 2.14. The number of benzene rings is 1. The first-order valence-electron chi connectivity index (χ1n) is 8.42. The van der Waals surface area contributed by atoms with E-state index in [1.807, 2.05) is 30.3 Å². The van der Waals surface area contributed by atoms with Crippen molar-refractivity contribution in [1.29, 1.82) is 0 Å². The molecule has 1 saturated heterocycles. The molecule has 1 aliphatic rings. The maximum Gasteiger partial charge on any atom is 0.230 e. The first kappa shape index (κ1) is 20.0. The van der Waals surface area contributed by atoms with Gasteiger partial charge in [-0.2, -0.15) is 0 Å². The van der Waals surface area contributed by atoms with Crippen LogP contribution < -0.4 is 21.3 Å². The number of thioether (sulfide) groups is 1. The molecule has 1 heterocycles. The molecule has 2 rings (SSSR count). The van der Waals surface area contributed by atoms with Crippen molar-refractivity contribution in [3.8, 4) is 0 Å². The SMILES string of the molecule is C=CCNC(=O)CC1CC(=O)NC(SCC(=O)NCc2ccccc2)N1. The maximum atomic E-state index is 12.0. The van der Waals surface area contributed by atoms with Crippen LogP contribution in [0.2, 0.25) is 0 Å². The Hall–Kier alpha value is -2.32. The first-order valence-corrected chi connectivity index (χ1v) is 9.47. The van der Waals surface area contributed by atoms with Crippen LogP contribution in [0.25, 0.3) is 0 Å². The Morgan fingerprint density at radius 2 is 2.00 bits per heavy atom. The van der Waals surface area contributed by atoms with Crippen LogP contribution in [-0.2, 0) is 20.9 Å². The Labute approximate surface area is 157 Å². The molecular formula is C18H24N4O3S. The lowest BCUT2D eigenvalue weighted by atomic mass is 10.1. The predicted molar refractivity (Wildman–Crippen MR) is 102 cm³/mol. The van der Waals surface area contributed by atoms with E-state index < -0.39 is 5.50 Å². The number of carbonyl (C=O) groups is 3. The minimum Gasteiger partial charge on any atom is -0.353 e. The molecule has 2 atom stereocenters. The molecule has 0 aromatic heterocycles. The van der Waals surface area contributed by atoms with Crippen LogP contribution in [0.3, 0.4) is 0 Å². The van der Waals surface area contributed by atoms with Crippen molar-refractivity contribution < 1.29 is 14.4 Å². The van der Waals surface area contributed by atoms with Gasteiger partial charge >= 0.3 is 0 Å². The summed E-state index contributed by atoms with van der Waals surface area (Å²) in [6.45, 7) is 4.41. The van der Waals surface area contributed by atoms with Gasteiger partial charge in [-0.1, -0.05) is 36.4 Å². The zero-order chi connectivity index (χ0) is 18.8. The van der Waals surface area contributed by atoms with Crippen LogP contribution in [0.4, 0.5) is 0 Å². The van der Waals surface area contributed by atoms with Crippen LogP contribution >= 0.6 is 11.8 Å². The third kappa shape index (κ3) is 7.28. The molecule has 8 heteroatoms. The van der Waals surface area contributed by atoms with E-state index in [0.717, 1.165) is 5.56 Å². The van der Waals surface area contributed by atoms with E-state index in [2.05, 4.69) is 27.8 Å². The van der Waals surface area contributed by atoms with Crippen molar-refractivity contribution in [1.82, 2.24) is 21.3 Å². The smallest absolute Gasteiger partial charge is 0.230 e. The van der Waals surface area contributed by atoms with Crippen molar-refractivity contribution in [3.05, 3.63) is 48.6 Å². The Morgan fingerprint density at radius 1 is 1.23 bits per heavy atom. The molecule has 0 bridgehead atoms. The van der Waals surface area contributed by atoms with Gasteiger partial charge in [-0.15, -0.1) is 18.3 Å². The van der Waals surface area contributed by atoms with Gasteiger partial charge in [-0.25, -0.2) is 0 Å². The average molecular weight is 376 g/mol. The molecule has 1 aliphatic heterocycles. The van der Waals surface area contributed by atoms with E-state index >= 15 is 0 Å². The van der Waals surface area contributed by atoms with Gasteiger partial charge in [0.15, 0.2) is 0 Å². The van der Waals surface area contributed by atoms with Gasteiger partial charge in [0.25, 0.3) is 0 Å². The zero-order valence-corrected chi connectivity index (χ0v) is 15.3. The summed E-state index contributed by atoms with van der Waals surface area (Å²) < 4.78 is 0. The monoisotopic (exact) mass is 376 g/mol. The maximum absolute atomic E-state index is 12.0. The quantitative estimate of drug-likeness (QED) is 0.470. The molecule has 7 nitrogen and oxygen atoms in total. The molecule has 4 N–H and O–H groups in total. The fraction of sp³-hybridized carbons (Fsp3) is 0.389. The Bertz CT molecular complexity index is 639. The molecule has 26 heavy (non-hydrogen) atoms. The van der Waals surface area contributed by atoms with Crippen molar-refractivity contribution in [2.75, 3.05) is 12.3 Å². The van der Waals surface area contributed by atoms with Crippen LogP contribution in [0.15, 0.2) is 43.0 Å². The van der Waals surface area contributed by atoms with Crippen LogP contribution in [-0.4, -0.2) is 41.6 Å². The average Bonchev–Trinajstić information content (AvgIpc) is 2.63. The molecular weight excluding hydrogens is 352 g/mol. The molecule has 140 valence electrons. The van der Waals surface area contributed by atoms with Gasteiger partial charge in [-0.05, 0) is 5.56 Å². The Morgan fingerprint density at radius 3 is 2.73 bits per heavy atom. The molecule has 0 radical (unpaired) electrons. The summed E-state index contributed by atoms with van der Waals surface area (Å²) in [6.07, 6.45) is 2.04. The van der Waals surface area contributed by atoms with Gasteiger partial charge < -0.3 is 16.0 Å². The number of hydrogen-bond donors (Lipinski definition) is 4. The van der Waals surface area contributed by atoms with Crippen LogP contribution in [0.5, 0.6) is 0 Å². The van der Waals surface area contributed by atoms with Crippen molar-refractivity contribution in [2.45, 2.75) is 30.9 Å². The van der Waals surface area contributed by atoms with Crippen molar-refractivity contribution >= 4 is 29.5 Å². The van der Waals surface area contributed by atoms with Crippen LogP contribution in [0.1, 0.15) is 18.4 Å². The van der Waals surface area contributed by atoms with Crippen molar-refractivity contribution in [2.24, 2.45) is 0 Å². The largest absolute Gasteiger partial charge is 0.353 e. The Balaban J connectivity index is 1.72. The summed E-state index contributed by atoms with van der Waals surface area (Å²) in [6, 6.07) is 9.40. The Kier molecular flexibility index (Phi) is 8.17. The predicted octanol–water partition coefficient (Wildman–Crippen LogP) is 0.490.